The van der Waals surface area contributed by atoms with E-state index in [4.69, 9.17) is 16.3 Å². The molecule has 0 aliphatic rings. The minimum atomic E-state index is -0.0394. The van der Waals surface area contributed by atoms with Crippen LogP contribution < -0.4 is 10.2 Å². The van der Waals surface area contributed by atoms with E-state index in [1.807, 2.05) is 11.4 Å². The minimum Gasteiger partial charge on any atom is -0.481 e. The van der Waals surface area contributed by atoms with E-state index in [0.29, 0.717) is 26.5 Å². The fourth-order valence-corrected chi connectivity index (χ4v) is 2.90. The highest BCUT2D eigenvalue weighted by molar-refractivity contribution is 7.17. The molecular formula is C13H8ClNO2S. The molecule has 0 saturated heterocycles. The van der Waals surface area contributed by atoms with E-state index >= 15 is 0 Å². The number of thiophene rings is 1. The first-order valence-corrected chi connectivity index (χ1v) is 6.51. The van der Waals surface area contributed by atoms with Crippen molar-refractivity contribution in [3.8, 4) is 5.88 Å². The van der Waals surface area contributed by atoms with Crippen LogP contribution in [0.1, 0.15) is 0 Å². The summed E-state index contributed by atoms with van der Waals surface area (Å²) in [5.41, 5.74) is 0.509. The van der Waals surface area contributed by atoms with E-state index in [9.17, 15) is 4.79 Å². The molecule has 2 heterocycles. The van der Waals surface area contributed by atoms with Gasteiger partial charge in [-0.25, -0.2) is 4.98 Å². The monoisotopic (exact) mass is 277 g/mol. The average Bonchev–Trinajstić information content (AvgIpc) is 2.80. The van der Waals surface area contributed by atoms with Gasteiger partial charge in [0.25, 0.3) is 0 Å². The Morgan fingerprint density at radius 2 is 2.11 bits per heavy atom. The third kappa shape index (κ3) is 1.65. The van der Waals surface area contributed by atoms with Gasteiger partial charge in [0, 0.05) is 10.4 Å². The zero-order valence-corrected chi connectivity index (χ0v) is 11.0. The van der Waals surface area contributed by atoms with E-state index in [-0.39, 0.29) is 5.43 Å². The van der Waals surface area contributed by atoms with Gasteiger partial charge in [-0.1, -0.05) is 11.6 Å². The van der Waals surface area contributed by atoms with Crippen LogP contribution in [0.2, 0.25) is 5.02 Å². The van der Waals surface area contributed by atoms with Gasteiger partial charge in [0.15, 0.2) is 0 Å². The second-order valence-electron chi connectivity index (χ2n) is 3.78. The topological polar surface area (TPSA) is 39.2 Å². The van der Waals surface area contributed by atoms with Gasteiger partial charge in [-0.2, -0.15) is 0 Å². The van der Waals surface area contributed by atoms with Crippen LogP contribution in [0.3, 0.4) is 0 Å². The highest BCUT2D eigenvalue weighted by Crippen LogP contribution is 2.27. The van der Waals surface area contributed by atoms with Crippen LogP contribution in [-0.2, 0) is 0 Å². The predicted molar refractivity (Wildman–Crippen MR) is 75.0 cm³/mol. The van der Waals surface area contributed by atoms with E-state index in [0.717, 1.165) is 5.39 Å². The fraction of sp³-hybridized carbons (Fsp3) is 0.0769. The van der Waals surface area contributed by atoms with Gasteiger partial charge in [-0.3, -0.25) is 4.79 Å². The first-order valence-electron chi connectivity index (χ1n) is 5.25. The molecule has 0 radical (unpaired) electrons. The van der Waals surface area contributed by atoms with Gasteiger partial charge in [0.1, 0.15) is 0 Å². The normalized spacial score (nSPS) is 11.0. The van der Waals surface area contributed by atoms with Crippen LogP contribution in [0.15, 0.2) is 34.4 Å². The van der Waals surface area contributed by atoms with Crippen LogP contribution in [0.5, 0.6) is 5.88 Å². The maximum atomic E-state index is 12.4. The van der Waals surface area contributed by atoms with Gasteiger partial charge >= 0.3 is 0 Å². The lowest BCUT2D eigenvalue weighted by Crippen LogP contribution is -1.95. The van der Waals surface area contributed by atoms with Crippen LogP contribution >= 0.6 is 22.9 Å². The Bertz CT molecular complexity index is 813. The Labute approximate surface area is 112 Å². The summed E-state index contributed by atoms with van der Waals surface area (Å²) in [7, 11) is 1.54. The number of hydrogen-bond acceptors (Lipinski definition) is 4. The fourth-order valence-electron chi connectivity index (χ4n) is 1.89. The molecule has 0 fully saturated rings. The SMILES string of the molecule is COc1nc2cc(Cl)ccc2c(=O)c2sccc12. The molecule has 3 rings (SSSR count). The van der Waals surface area contributed by atoms with Crippen molar-refractivity contribution in [3.05, 3.63) is 44.9 Å². The van der Waals surface area contributed by atoms with Crippen molar-refractivity contribution in [3.63, 3.8) is 0 Å². The number of fused-ring (bicyclic) bond motifs is 2. The van der Waals surface area contributed by atoms with Gasteiger partial charge in [0.2, 0.25) is 11.3 Å². The van der Waals surface area contributed by atoms with Crippen LogP contribution in [0, 0.1) is 0 Å². The van der Waals surface area contributed by atoms with E-state index in [1.165, 1.54) is 11.3 Å². The van der Waals surface area contributed by atoms with Crippen LogP contribution in [-0.4, -0.2) is 12.1 Å². The molecule has 5 heteroatoms. The zero-order chi connectivity index (χ0) is 12.7. The lowest BCUT2D eigenvalue weighted by Gasteiger charge is -1.96. The Morgan fingerprint density at radius 3 is 2.89 bits per heavy atom. The number of benzene rings is 1. The van der Waals surface area contributed by atoms with Crippen molar-refractivity contribution in [2.24, 2.45) is 0 Å². The van der Waals surface area contributed by atoms with E-state index < -0.39 is 0 Å². The first kappa shape index (κ1) is 11.4. The molecule has 2 aromatic heterocycles. The number of ether oxygens (including phenoxy) is 1. The number of methoxy groups -OCH3 is 1. The Kier molecular flexibility index (Phi) is 2.69. The molecule has 0 bridgehead atoms. The van der Waals surface area contributed by atoms with Gasteiger partial charge in [0.05, 0.1) is 22.7 Å². The summed E-state index contributed by atoms with van der Waals surface area (Å²) in [5.74, 6) is 0.445. The van der Waals surface area contributed by atoms with Crippen LogP contribution in [0.25, 0.3) is 21.0 Å². The molecule has 0 aliphatic carbocycles. The van der Waals surface area contributed by atoms with Crippen molar-refractivity contribution in [2.45, 2.75) is 0 Å². The Morgan fingerprint density at radius 1 is 1.28 bits per heavy atom. The van der Waals surface area contributed by atoms with Crippen molar-refractivity contribution >= 4 is 43.9 Å². The molecule has 3 nitrogen and oxygen atoms in total. The summed E-state index contributed by atoms with van der Waals surface area (Å²) in [6.07, 6.45) is 0. The second kappa shape index (κ2) is 4.23. The lowest BCUT2D eigenvalue weighted by molar-refractivity contribution is 0.405. The number of rotatable bonds is 1. The quantitative estimate of drug-likeness (QED) is 0.684. The maximum Gasteiger partial charge on any atom is 0.222 e. The molecule has 90 valence electrons. The van der Waals surface area contributed by atoms with Crippen molar-refractivity contribution < 1.29 is 4.74 Å². The van der Waals surface area contributed by atoms with E-state index in [1.54, 1.807) is 25.3 Å². The van der Waals surface area contributed by atoms with Crippen LogP contribution in [0.4, 0.5) is 0 Å². The summed E-state index contributed by atoms with van der Waals surface area (Å²) in [4.78, 5) is 16.8. The summed E-state index contributed by atoms with van der Waals surface area (Å²) in [6.45, 7) is 0. The molecule has 1 aromatic carbocycles. The summed E-state index contributed by atoms with van der Waals surface area (Å²) >= 11 is 7.33. The average molecular weight is 278 g/mol. The standard InChI is InChI=1S/C13H8ClNO2S/c1-17-13-9-4-5-18-12(9)11(16)8-3-2-7(14)6-10(8)15-13/h2-6H,1H3. The minimum absolute atomic E-state index is 0.0394. The molecule has 0 unspecified atom stereocenters. The van der Waals surface area contributed by atoms with Gasteiger partial charge in [-0.05, 0) is 29.6 Å². The third-order valence-corrected chi connectivity index (χ3v) is 3.87. The Balaban J connectivity index is 2.64. The maximum absolute atomic E-state index is 12.4. The predicted octanol–water partition coefficient (Wildman–Crippen LogP) is 3.47. The van der Waals surface area contributed by atoms with Crippen molar-refractivity contribution in [1.29, 1.82) is 0 Å². The summed E-state index contributed by atoms with van der Waals surface area (Å²) < 4.78 is 5.91. The molecule has 0 N–H and O–H groups in total. The highest BCUT2D eigenvalue weighted by atomic mass is 35.5. The molecule has 0 amide bonds. The Hall–Kier alpha value is -1.65. The molecule has 0 spiro atoms. The smallest absolute Gasteiger partial charge is 0.222 e. The highest BCUT2D eigenvalue weighted by Gasteiger charge is 2.10. The number of hydrogen-bond donors (Lipinski definition) is 0. The van der Waals surface area contributed by atoms with E-state index in [2.05, 4.69) is 4.98 Å². The summed E-state index contributed by atoms with van der Waals surface area (Å²) in [6, 6.07) is 6.91. The lowest BCUT2D eigenvalue weighted by atomic mass is 10.2. The first-order chi connectivity index (χ1) is 8.70. The van der Waals surface area contributed by atoms with Crippen molar-refractivity contribution in [1.82, 2.24) is 4.98 Å². The molecule has 0 aliphatic heterocycles. The van der Waals surface area contributed by atoms with Gasteiger partial charge in [-0.15, -0.1) is 11.3 Å². The molecule has 0 saturated carbocycles. The molecule has 3 aromatic rings. The number of aromatic nitrogens is 1. The molecule has 18 heavy (non-hydrogen) atoms. The second-order valence-corrected chi connectivity index (χ2v) is 5.13. The largest absolute Gasteiger partial charge is 0.481 e. The summed E-state index contributed by atoms with van der Waals surface area (Å²) in [5, 5.41) is 3.69. The molecular weight excluding hydrogens is 270 g/mol. The molecule has 0 atom stereocenters. The third-order valence-electron chi connectivity index (χ3n) is 2.72. The van der Waals surface area contributed by atoms with Crippen molar-refractivity contribution in [2.75, 3.05) is 7.11 Å². The number of halogens is 1. The zero-order valence-electron chi connectivity index (χ0n) is 9.44. The van der Waals surface area contributed by atoms with Gasteiger partial charge < -0.3 is 4.74 Å². The number of nitrogens with zero attached hydrogens (tertiary/aromatic N) is 1.